The maximum Gasteiger partial charge on any atom is 0.240 e. The summed E-state index contributed by atoms with van der Waals surface area (Å²) in [7, 11) is 1.81. The van der Waals surface area contributed by atoms with Gasteiger partial charge in [0, 0.05) is 31.5 Å². The first-order valence-electron chi connectivity index (χ1n) is 16.4. The quantitative estimate of drug-likeness (QED) is 0.403. The minimum absolute atomic E-state index is 0.0231. The maximum absolute atomic E-state index is 14.1. The van der Waals surface area contributed by atoms with Crippen LogP contribution in [0.15, 0.2) is 0 Å². The molecule has 9 heteroatoms. The number of hydrogen-bond acceptors (Lipinski definition) is 8. The average Bonchev–Trinajstić information content (AvgIpc) is 3.58. The van der Waals surface area contributed by atoms with Crippen molar-refractivity contribution in [1.82, 2.24) is 10.4 Å². The summed E-state index contributed by atoms with van der Waals surface area (Å²) < 4.78 is 18.2. The zero-order valence-electron chi connectivity index (χ0n) is 25.7. The Hall–Kier alpha value is -0.810. The molecule has 5 aliphatic carbocycles. The molecule has 0 aromatic heterocycles. The zero-order chi connectivity index (χ0) is 29.1. The third-order valence-corrected chi connectivity index (χ3v) is 12.7. The van der Waals surface area contributed by atoms with Gasteiger partial charge in [0.15, 0.2) is 0 Å². The Balaban J connectivity index is 1.19. The van der Waals surface area contributed by atoms with Gasteiger partial charge in [0.25, 0.3) is 0 Å². The van der Waals surface area contributed by atoms with Crippen LogP contribution < -0.4 is 5.32 Å². The summed E-state index contributed by atoms with van der Waals surface area (Å²) in [5.41, 5.74) is 0.341. The third-order valence-electron chi connectivity index (χ3n) is 12.7. The number of aliphatic hydroxyl groups excluding tert-OH is 2. The highest BCUT2D eigenvalue weighted by Gasteiger charge is 2.58. The van der Waals surface area contributed by atoms with Gasteiger partial charge in [0.2, 0.25) is 5.91 Å². The van der Waals surface area contributed by atoms with E-state index < -0.39 is 24.2 Å². The van der Waals surface area contributed by atoms with Crippen LogP contribution in [0.25, 0.3) is 0 Å². The van der Waals surface area contributed by atoms with Crippen LogP contribution in [0, 0.1) is 46.8 Å². The first-order valence-corrected chi connectivity index (χ1v) is 16.4. The number of carbonyl (C=O) groups excluding carboxylic acids is 1. The third kappa shape index (κ3) is 5.29. The van der Waals surface area contributed by atoms with E-state index >= 15 is 0 Å². The number of aliphatic hydroxyl groups is 2. The molecule has 2 saturated heterocycles. The summed E-state index contributed by atoms with van der Waals surface area (Å²) in [6, 6.07) is -0.531. The Morgan fingerprint density at radius 1 is 1.12 bits per heavy atom. The number of nitrogens with one attached hydrogen (secondary N) is 1. The number of carbonyl (C=O) groups is 1. The molecule has 41 heavy (non-hydrogen) atoms. The normalized spacial score (nSPS) is 48.3. The Bertz CT molecular complexity index is 932. The molecular weight excluding hydrogens is 524 g/mol. The van der Waals surface area contributed by atoms with Crippen molar-refractivity contribution in [3.8, 4) is 0 Å². The van der Waals surface area contributed by atoms with Crippen molar-refractivity contribution in [1.29, 1.82) is 0 Å². The molecule has 7 fully saturated rings. The summed E-state index contributed by atoms with van der Waals surface area (Å²) in [5.74, 6) is 2.01. The second-order valence-corrected chi connectivity index (χ2v) is 14.9. The lowest BCUT2D eigenvalue weighted by atomic mass is 9.45. The molecule has 2 bridgehead atoms. The lowest BCUT2D eigenvalue weighted by Crippen LogP contribution is -2.62. The van der Waals surface area contributed by atoms with Gasteiger partial charge in [0.05, 0.1) is 31.0 Å². The van der Waals surface area contributed by atoms with E-state index in [1.807, 2.05) is 7.11 Å². The van der Waals surface area contributed by atoms with Gasteiger partial charge in [-0.1, -0.05) is 33.6 Å². The summed E-state index contributed by atoms with van der Waals surface area (Å²) in [4.78, 5) is 20.4. The van der Waals surface area contributed by atoms with E-state index in [2.05, 4.69) is 26.1 Å². The van der Waals surface area contributed by atoms with Gasteiger partial charge in [-0.25, -0.2) is 0 Å². The summed E-state index contributed by atoms with van der Waals surface area (Å²) in [6.45, 7) is 9.40. The molecule has 14 atom stereocenters. The zero-order valence-corrected chi connectivity index (χ0v) is 25.7. The van der Waals surface area contributed by atoms with Gasteiger partial charge in [-0.15, -0.1) is 0 Å². The van der Waals surface area contributed by atoms with E-state index in [1.165, 1.54) is 6.42 Å². The van der Waals surface area contributed by atoms with Crippen LogP contribution in [0.1, 0.15) is 79.1 Å². The Kier molecular flexibility index (Phi) is 8.80. The van der Waals surface area contributed by atoms with Crippen molar-refractivity contribution in [3.63, 3.8) is 0 Å². The molecular formula is C32H54N2O7. The summed E-state index contributed by atoms with van der Waals surface area (Å²) in [5, 5.41) is 26.2. The minimum Gasteiger partial charge on any atom is -0.394 e. The van der Waals surface area contributed by atoms with Crippen LogP contribution >= 0.6 is 0 Å². The SMILES string of the molecule is COC1C(CN2O[C@@H](CO)[C@@H]([C@H](C)O)[C@@H]2C(=O)N[C@H]2C[C@H]3C[C@@H]([C@@H]2C)C3(C)C)CCCC1C1CCCC2OCOC21. The van der Waals surface area contributed by atoms with E-state index in [9.17, 15) is 15.0 Å². The van der Waals surface area contributed by atoms with E-state index in [-0.39, 0.29) is 42.8 Å². The Labute approximate surface area is 245 Å². The largest absolute Gasteiger partial charge is 0.394 e. The molecule has 0 aromatic rings. The lowest BCUT2D eigenvalue weighted by Gasteiger charge is -2.62. The summed E-state index contributed by atoms with van der Waals surface area (Å²) in [6.07, 6.45) is 7.72. The van der Waals surface area contributed by atoms with Crippen molar-refractivity contribution in [2.75, 3.05) is 27.1 Å². The number of methoxy groups -OCH3 is 1. The van der Waals surface area contributed by atoms with Crippen LogP contribution in [0.3, 0.4) is 0 Å². The number of hydroxylamine groups is 2. The van der Waals surface area contributed by atoms with Gasteiger partial charge in [-0.2, -0.15) is 5.06 Å². The monoisotopic (exact) mass is 578 g/mol. The van der Waals surface area contributed by atoms with Crippen LogP contribution in [-0.2, 0) is 23.8 Å². The lowest BCUT2D eigenvalue weighted by molar-refractivity contribution is -0.194. The predicted molar refractivity (Wildman–Crippen MR) is 152 cm³/mol. The Morgan fingerprint density at radius 3 is 2.56 bits per heavy atom. The molecule has 6 unspecified atom stereocenters. The highest BCUT2D eigenvalue weighted by atomic mass is 16.7. The van der Waals surface area contributed by atoms with Crippen molar-refractivity contribution >= 4 is 5.91 Å². The van der Waals surface area contributed by atoms with Crippen LogP contribution in [0.4, 0.5) is 0 Å². The fourth-order valence-electron chi connectivity index (χ4n) is 10.3. The number of fused-ring (bicyclic) bond motifs is 3. The van der Waals surface area contributed by atoms with Gasteiger partial charge in [-0.05, 0) is 80.5 Å². The molecule has 2 heterocycles. The molecule has 0 spiro atoms. The van der Waals surface area contributed by atoms with Crippen LogP contribution in [-0.4, -0.2) is 90.8 Å². The first-order chi connectivity index (χ1) is 19.6. The molecule has 234 valence electrons. The second kappa shape index (κ2) is 11.9. The highest BCUT2D eigenvalue weighted by Crippen LogP contribution is 2.61. The van der Waals surface area contributed by atoms with Gasteiger partial charge < -0.3 is 29.7 Å². The van der Waals surface area contributed by atoms with Crippen molar-refractivity contribution in [3.05, 3.63) is 0 Å². The van der Waals surface area contributed by atoms with Crippen LogP contribution in [0.2, 0.25) is 0 Å². The summed E-state index contributed by atoms with van der Waals surface area (Å²) >= 11 is 0. The molecule has 9 nitrogen and oxygen atoms in total. The van der Waals surface area contributed by atoms with E-state index in [0.29, 0.717) is 48.3 Å². The van der Waals surface area contributed by atoms with Gasteiger partial charge in [0.1, 0.15) is 18.9 Å². The highest BCUT2D eigenvalue weighted by molar-refractivity contribution is 5.82. The molecule has 5 saturated carbocycles. The predicted octanol–water partition coefficient (Wildman–Crippen LogP) is 3.12. The van der Waals surface area contributed by atoms with Crippen molar-refractivity contribution in [2.24, 2.45) is 46.8 Å². The van der Waals surface area contributed by atoms with Crippen molar-refractivity contribution in [2.45, 2.75) is 122 Å². The Morgan fingerprint density at radius 2 is 1.88 bits per heavy atom. The first kappa shape index (κ1) is 30.2. The number of ether oxygens (including phenoxy) is 3. The average molecular weight is 579 g/mol. The van der Waals surface area contributed by atoms with Gasteiger partial charge in [-0.3, -0.25) is 9.63 Å². The van der Waals surface area contributed by atoms with E-state index in [4.69, 9.17) is 19.0 Å². The minimum atomic E-state index is -0.792. The molecule has 1 amide bonds. The number of hydrogen-bond donors (Lipinski definition) is 3. The molecule has 2 aliphatic heterocycles. The fraction of sp³-hybridized carbons (Fsp3) is 0.969. The van der Waals surface area contributed by atoms with Crippen LogP contribution in [0.5, 0.6) is 0 Å². The molecule has 7 aliphatic rings. The maximum atomic E-state index is 14.1. The number of amides is 1. The fourth-order valence-corrected chi connectivity index (χ4v) is 10.3. The van der Waals surface area contributed by atoms with Crippen molar-refractivity contribution < 1.29 is 34.1 Å². The number of nitrogens with zero attached hydrogens (tertiary/aromatic N) is 1. The van der Waals surface area contributed by atoms with Gasteiger partial charge >= 0.3 is 0 Å². The molecule has 3 N–H and O–H groups in total. The molecule has 0 radical (unpaired) electrons. The smallest absolute Gasteiger partial charge is 0.240 e. The number of rotatable bonds is 8. The standard InChI is InChI=1S/C32H54N2O7/c1-17-23-12-20(32(23,3)4)13-24(17)33-31(37)28-27(18(2)36)26(15-35)41-34(28)14-19-8-6-9-21(29(19)38-5)22-10-7-11-25-30(22)40-16-39-25/h17-30,35-36H,6-16H2,1-5H3,(H,33,37)/t17-,18-,19?,20+,21?,22?,23-,24-,25?,26-,27+,28+,29?,30?/m0/s1. The molecule has 0 aromatic carbocycles. The van der Waals surface area contributed by atoms with E-state index in [0.717, 1.165) is 44.9 Å². The van der Waals surface area contributed by atoms with E-state index in [1.54, 1.807) is 12.0 Å². The molecule has 7 rings (SSSR count). The topological polar surface area (TPSA) is 110 Å². The second-order valence-electron chi connectivity index (χ2n) is 14.9.